The molecule has 0 aliphatic heterocycles. The highest BCUT2D eigenvalue weighted by atomic mass is 16.1. The summed E-state index contributed by atoms with van der Waals surface area (Å²) in [5, 5.41) is 2.90. The lowest BCUT2D eigenvalue weighted by Crippen LogP contribution is -2.15. The third-order valence-electron chi connectivity index (χ3n) is 3.98. The first-order valence-electron chi connectivity index (χ1n) is 8.02. The number of pyridine rings is 2. The minimum atomic E-state index is -0.158. The van der Waals surface area contributed by atoms with E-state index in [0.717, 1.165) is 22.6 Å². The van der Waals surface area contributed by atoms with Gasteiger partial charge in [0.2, 0.25) is 0 Å². The van der Waals surface area contributed by atoms with Gasteiger partial charge in [0.05, 0.1) is 17.6 Å². The van der Waals surface area contributed by atoms with Gasteiger partial charge in [0, 0.05) is 31.4 Å². The lowest BCUT2D eigenvalue weighted by molar-refractivity contribution is 0.102. The summed E-state index contributed by atoms with van der Waals surface area (Å²) in [6, 6.07) is 15.1. The second kappa shape index (κ2) is 7.13. The number of nitrogens with zero attached hydrogens (tertiary/aromatic N) is 3. The van der Waals surface area contributed by atoms with Gasteiger partial charge < -0.3 is 10.2 Å². The molecule has 2 heterocycles. The Morgan fingerprint density at radius 3 is 2.48 bits per heavy atom. The molecular weight excluding hydrogens is 312 g/mol. The maximum Gasteiger partial charge on any atom is 0.255 e. The van der Waals surface area contributed by atoms with Gasteiger partial charge in [0.25, 0.3) is 5.91 Å². The van der Waals surface area contributed by atoms with Crippen molar-refractivity contribution in [2.45, 2.75) is 6.92 Å². The van der Waals surface area contributed by atoms with Crippen molar-refractivity contribution < 1.29 is 4.79 Å². The van der Waals surface area contributed by atoms with Crippen LogP contribution in [0.1, 0.15) is 15.9 Å². The first-order chi connectivity index (χ1) is 12.1. The van der Waals surface area contributed by atoms with Crippen LogP contribution in [-0.4, -0.2) is 30.0 Å². The van der Waals surface area contributed by atoms with Crippen LogP contribution < -0.4 is 10.2 Å². The van der Waals surface area contributed by atoms with Crippen LogP contribution in [-0.2, 0) is 0 Å². The van der Waals surface area contributed by atoms with Crippen LogP contribution in [0.3, 0.4) is 0 Å². The van der Waals surface area contributed by atoms with Gasteiger partial charge in [-0.25, -0.2) is 4.98 Å². The highest BCUT2D eigenvalue weighted by Crippen LogP contribution is 2.24. The zero-order valence-corrected chi connectivity index (χ0v) is 14.5. The lowest BCUT2D eigenvalue weighted by Gasteiger charge is -2.13. The van der Waals surface area contributed by atoms with E-state index in [0.29, 0.717) is 11.3 Å². The average Bonchev–Trinajstić information content (AvgIpc) is 2.63. The molecule has 0 aliphatic rings. The van der Waals surface area contributed by atoms with Crippen molar-refractivity contribution in [3.8, 4) is 11.3 Å². The Bertz CT molecular complexity index is 874. The molecule has 0 aliphatic carbocycles. The molecule has 0 fully saturated rings. The van der Waals surface area contributed by atoms with Gasteiger partial charge in [-0.15, -0.1) is 0 Å². The molecule has 1 aromatic carbocycles. The molecule has 0 saturated heterocycles. The van der Waals surface area contributed by atoms with Gasteiger partial charge in [-0.2, -0.15) is 0 Å². The van der Waals surface area contributed by atoms with Crippen LogP contribution in [0.2, 0.25) is 0 Å². The third kappa shape index (κ3) is 3.66. The van der Waals surface area contributed by atoms with Gasteiger partial charge in [0.15, 0.2) is 0 Å². The highest BCUT2D eigenvalue weighted by Gasteiger charge is 2.13. The maximum atomic E-state index is 12.7. The van der Waals surface area contributed by atoms with Crippen molar-refractivity contribution in [2.75, 3.05) is 24.3 Å². The highest BCUT2D eigenvalue weighted by molar-refractivity contribution is 6.06. The summed E-state index contributed by atoms with van der Waals surface area (Å²) in [5.74, 6) is 0.681. The van der Waals surface area contributed by atoms with Crippen LogP contribution in [0.25, 0.3) is 11.3 Å². The Balaban J connectivity index is 1.85. The van der Waals surface area contributed by atoms with Gasteiger partial charge >= 0.3 is 0 Å². The van der Waals surface area contributed by atoms with Crippen molar-refractivity contribution in [3.05, 3.63) is 72.1 Å². The number of carbonyl (C=O) groups is 1. The van der Waals surface area contributed by atoms with Crippen molar-refractivity contribution in [2.24, 2.45) is 0 Å². The maximum absolute atomic E-state index is 12.7. The van der Waals surface area contributed by atoms with Crippen LogP contribution in [0.15, 0.2) is 60.9 Å². The molecule has 2 aromatic heterocycles. The fraction of sp³-hybridized carbons (Fsp3) is 0.150. The summed E-state index contributed by atoms with van der Waals surface area (Å²) >= 11 is 0. The zero-order valence-electron chi connectivity index (χ0n) is 14.5. The molecule has 1 amide bonds. The molecule has 1 N–H and O–H groups in total. The van der Waals surface area contributed by atoms with E-state index in [2.05, 4.69) is 15.3 Å². The van der Waals surface area contributed by atoms with E-state index in [1.165, 1.54) is 0 Å². The number of carbonyl (C=O) groups excluding carboxylic acids is 1. The molecule has 5 nitrogen and oxygen atoms in total. The fourth-order valence-corrected chi connectivity index (χ4v) is 2.60. The molecular formula is C20H20N4O. The summed E-state index contributed by atoms with van der Waals surface area (Å²) < 4.78 is 0. The minimum absolute atomic E-state index is 0.158. The van der Waals surface area contributed by atoms with Crippen LogP contribution in [0, 0.1) is 6.92 Å². The predicted molar refractivity (Wildman–Crippen MR) is 101 cm³/mol. The molecule has 3 rings (SSSR count). The number of hydrogen-bond donors (Lipinski definition) is 1. The van der Waals surface area contributed by atoms with Gasteiger partial charge in [0.1, 0.15) is 5.82 Å². The fourth-order valence-electron chi connectivity index (χ4n) is 2.60. The number of rotatable bonds is 4. The monoisotopic (exact) mass is 332 g/mol. The summed E-state index contributed by atoms with van der Waals surface area (Å²) in [6.07, 6.45) is 3.41. The van der Waals surface area contributed by atoms with Crippen molar-refractivity contribution >= 4 is 17.4 Å². The Morgan fingerprint density at radius 1 is 1.00 bits per heavy atom. The molecule has 126 valence electrons. The van der Waals surface area contributed by atoms with E-state index in [1.807, 2.05) is 74.4 Å². The summed E-state index contributed by atoms with van der Waals surface area (Å²) in [5.41, 5.74) is 4.00. The molecule has 0 bridgehead atoms. The SMILES string of the molecule is Cc1c(C(=O)Nc2ccc(N(C)C)nc2)cccc1-c1ccccn1. The van der Waals surface area contributed by atoms with E-state index in [-0.39, 0.29) is 5.91 Å². The molecule has 0 atom stereocenters. The number of nitrogens with one attached hydrogen (secondary N) is 1. The van der Waals surface area contributed by atoms with Crippen molar-refractivity contribution in [1.82, 2.24) is 9.97 Å². The lowest BCUT2D eigenvalue weighted by atomic mass is 9.99. The summed E-state index contributed by atoms with van der Waals surface area (Å²) in [4.78, 5) is 23.3. The molecule has 5 heteroatoms. The molecule has 0 saturated carbocycles. The topological polar surface area (TPSA) is 58.1 Å². The minimum Gasteiger partial charge on any atom is -0.363 e. The molecule has 0 radical (unpaired) electrons. The normalized spacial score (nSPS) is 10.4. The van der Waals surface area contributed by atoms with E-state index in [9.17, 15) is 4.79 Å². The quantitative estimate of drug-likeness (QED) is 0.790. The van der Waals surface area contributed by atoms with Crippen molar-refractivity contribution in [1.29, 1.82) is 0 Å². The van der Waals surface area contributed by atoms with Crippen molar-refractivity contribution in [3.63, 3.8) is 0 Å². The van der Waals surface area contributed by atoms with E-state index >= 15 is 0 Å². The number of benzene rings is 1. The van der Waals surface area contributed by atoms with E-state index in [4.69, 9.17) is 0 Å². The molecule has 25 heavy (non-hydrogen) atoms. The Hall–Kier alpha value is -3.21. The number of hydrogen-bond acceptors (Lipinski definition) is 4. The van der Waals surface area contributed by atoms with Crippen LogP contribution in [0.4, 0.5) is 11.5 Å². The molecule has 0 spiro atoms. The third-order valence-corrected chi connectivity index (χ3v) is 3.98. The second-order valence-electron chi connectivity index (χ2n) is 5.95. The van der Waals surface area contributed by atoms with Crippen LogP contribution >= 0.6 is 0 Å². The van der Waals surface area contributed by atoms with Gasteiger partial charge in [-0.05, 0) is 42.8 Å². The number of amides is 1. The Kier molecular flexibility index (Phi) is 4.75. The summed E-state index contributed by atoms with van der Waals surface area (Å²) in [6.45, 7) is 1.94. The first kappa shape index (κ1) is 16.6. The average molecular weight is 332 g/mol. The van der Waals surface area contributed by atoms with E-state index < -0.39 is 0 Å². The second-order valence-corrected chi connectivity index (χ2v) is 5.95. The largest absolute Gasteiger partial charge is 0.363 e. The van der Waals surface area contributed by atoms with Gasteiger partial charge in [-0.3, -0.25) is 9.78 Å². The number of aromatic nitrogens is 2. The first-order valence-corrected chi connectivity index (χ1v) is 8.02. The molecule has 3 aromatic rings. The zero-order chi connectivity index (χ0) is 17.8. The Morgan fingerprint density at radius 2 is 1.84 bits per heavy atom. The van der Waals surface area contributed by atoms with E-state index in [1.54, 1.807) is 12.4 Å². The van der Waals surface area contributed by atoms with Crippen LogP contribution in [0.5, 0.6) is 0 Å². The number of anilines is 2. The Labute approximate surface area is 147 Å². The standard InChI is InChI=1S/C20H20N4O/c1-14-16(18-9-4-5-12-21-18)7-6-8-17(14)20(25)23-15-10-11-19(22-13-15)24(2)3/h4-13H,1-3H3,(H,23,25). The summed E-state index contributed by atoms with van der Waals surface area (Å²) in [7, 11) is 3.85. The van der Waals surface area contributed by atoms with Gasteiger partial charge in [-0.1, -0.05) is 18.2 Å². The molecule has 0 unspecified atom stereocenters. The smallest absolute Gasteiger partial charge is 0.255 e. The predicted octanol–water partition coefficient (Wildman–Crippen LogP) is 3.77.